The lowest BCUT2D eigenvalue weighted by Crippen LogP contribution is -2.35. The van der Waals surface area contributed by atoms with Crippen LogP contribution in [0.2, 0.25) is 5.15 Å². The molecule has 2 rings (SSSR count). The summed E-state index contributed by atoms with van der Waals surface area (Å²) in [5, 5.41) is 2.32. The van der Waals surface area contributed by atoms with E-state index in [1.54, 1.807) is 0 Å². The quantitative estimate of drug-likeness (QED) is 0.842. The Labute approximate surface area is 118 Å². The molecule has 5 nitrogen and oxygen atoms in total. The van der Waals surface area contributed by atoms with Crippen molar-refractivity contribution in [2.45, 2.75) is 25.1 Å². The summed E-state index contributed by atoms with van der Waals surface area (Å²) in [4.78, 5) is 6.42. The molecule has 1 aliphatic rings. The van der Waals surface area contributed by atoms with Crippen LogP contribution in [-0.4, -0.2) is 35.9 Å². The zero-order chi connectivity index (χ0) is 15.0. The van der Waals surface area contributed by atoms with E-state index in [0.29, 0.717) is 12.8 Å². The Hall–Kier alpha value is -1.09. The third-order valence-corrected chi connectivity index (χ3v) is 4.78. The van der Waals surface area contributed by atoms with Gasteiger partial charge in [-0.1, -0.05) is 11.6 Å². The number of rotatable bonds is 2. The zero-order valence-corrected chi connectivity index (χ0v) is 11.7. The Morgan fingerprint density at radius 1 is 1.35 bits per heavy atom. The fraction of sp³-hybridized carbons (Fsp3) is 0.600. The van der Waals surface area contributed by atoms with E-state index in [2.05, 4.69) is 15.3 Å². The fourth-order valence-corrected chi connectivity index (χ4v) is 3.78. The second kappa shape index (κ2) is 5.36. The number of anilines is 1. The summed E-state index contributed by atoms with van der Waals surface area (Å²) < 4.78 is 60.6. The van der Waals surface area contributed by atoms with Crippen LogP contribution in [0.5, 0.6) is 0 Å². The van der Waals surface area contributed by atoms with E-state index >= 15 is 0 Å². The Balaban J connectivity index is 2.19. The zero-order valence-electron chi connectivity index (χ0n) is 10.1. The lowest BCUT2D eigenvalue weighted by Gasteiger charge is -2.23. The summed E-state index contributed by atoms with van der Waals surface area (Å²) >= 11 is 5.52. The maximum Gasteiger partial charge on any atom is 0.451 e. The van der Waals surface area contributed by atoms with Crippen molar-refractivity contribution in [3.63, 3.8) is 0 Å². The molecule has 112 valence electrons. The third-order valence-electron chi connectivity index (χ3n) is 2.76. The number of alkyl halides is 3. The molecule has 0 saturated carbocycles. The molecule has 1 unspecified atom stereocenters. The summed E-state index contributed by atoms with van der Waals surface area (Å²) in [6, 6.07) is 0.665. The van der Waals surface area contributed by atoms with Gasteiger partial charge in [0.1, 0.15) is 11.0 Å². The number of halogens is 4. The van der Waals surface area contributed by atoms with E-state index in [0.717, 1.165) is 6.07 Å². The largest absolute Gasteiger partial charge is 0.451 e. The first kappa shape index (κ1) is 15.3. The predicted molar refractivity (Wildman–Crippen MR) is 67.3 cm³/mol. The van der Waals surface area contributed by atoms with Gasteiger partial charge in [0.2, 0.25) is 5.82 Å². The molecule has 0 aromatic carbocycles. The highest BCUT2D eigenvalue weighted by molar-refractivity contribution is 7.91. The minimum atomic E-state index is -4.71. The van der Waals surface area contributed by atoms with Crippen molar-refractivity contribution in [3.8, 4) is 0 Å². The summed E-state index contributed by atoms with van der Waals surface area (Å²) in [5.41, 5.74) is 0. The van der Waals surface area contributed by atoms with Gasteiger partial charge in [0.15, 0.2) is 9.84 Å². The van der Waals surface area contributed by atoms with Crippen LogP contribution in [0.25, 0.3) is 0 Å². The standard InChI is InChI=1S/C10H11ClF3N3O2S/c11-7-4-8(17-9(16-7)10(12,13)14)15-6-2-1-3-20(18,19)5-6/h4,6H,1-3,5H2,(H,15,16,17). The highest BCUT2D eigenvalue weighted by atomic mass is 35.5. The van der Waals surface area contributed by atoms with Crippen molar-refractivity contribution in [1.82, 2.24) is 9.97 Å². The molecule has 1 aromatic heterocycles. The molecule has 0 amide bonds. The Morgan fingerprint density at radius 3 is 2.65 bits per heavy atom. The third kappa shape index (κ3) is 3.95. The van der Waals surface area contributed by atoms with E-state index in [9.17, 15) is 21.6 Å². The molecule has 20 heavy (non-hydrogen) atoms. The van der Waals surface area contributed by atoms with Gasteiger partial charge < -0.3 is 5.32 Å². The van der Waals surface area contributed by atoms with Gasteiger partial charge in [-0.25, -0.2) is 18.4 Å². The van der Waals surface area contributed by atoms with E-state index in [4.69, 9.17) is 11.6 Å². The number of hydrogen-bond donors (Lipinski definition) is 1. The van der Waals surface area contributed by atoms with Crippen LogP contribution in [-0.2, 0) is 16.0 Å². The monoisotopic (exact) mass is 329 g/mol. The van der Waals surface area contributed by atoms with Crippen molar-refractivity contribution in [3.05, 3.63) is 17.0 Å². The molecule has 0 spiro atoms. The van der Waals surface area contributed by atoms with Crippen molar-refractivity contribution in [1.29, 1.82) is 0 Å². The number of nitrogens with zero attached hydrogens (tertiary/aromatic N) is 2. The van der Waals surface area contributed by atoms with E-state index in [1.807, 2.05) is 0 Å². The lowest BCUT2D eigenvalue weighted by atomic mass is 10.2. The summed E-state index contributed by atoms with van der Waals surface area (Å²) in [6.45, 7) is 0. The first-order valence-corrected chi connectivity index (χ1v) is 7.94. The highest BCUT2D eigenvalue weighted by Gasteiger charge is 2.35. The second-order valence-electron chi connectivity index (χ2n) is 4.50. The van der Waals surface area contributed by atoms with E-state index in [-0.39, 0.29) is 22.5 Å². The molecular weight excluding hydrogens is 319 g/mol. The smallest absolute Gasteiger partial charge is 0.366 e. The van der Waals surface area contributed by atoms with Crippen LogP contribution in [0, 0.1) is 0 Å². The molecule has 1 aliphatic heterocycles. The van der Waals surface area contributed by atoms with E-state index < -0.39 is 27.9 Å². The Kier molecular flexibility index (Phi) is 4.10. The molecule has 1 atom stereocenters. The van der Waals surface area contributed by atoms with Gasteiger partial charge in [-0.15, -0.1) is 0 Å². The molecule has 1 N–H and O–H groups in total. The average molecular weight is 330 g/mol. The SMILES string of the molecule is O=S1(=O)CCCC(Nc2cc(Cl)nc(C(F)(F)F)n2)C1. The molecule has 2 heterocycles. The molecule has 0 radical (unpaired) electrons. The van der Waals surface area contributed by atoms with Crippen LogP contribution in [0.15, 0.2) is 6.07 Å². The van der Waals surface area contributed by atoms with Gasteiger partial charge in [-0.2, -0.15) is 13.2 Å². The summed E-state index contributed by atoms with van der Waals surface area (Å²) in [5.74, 6) is -1.51. The van der Waals surface area contributed by atoms with Crippen LogP contribution < -0.4 is 5.32 Å². The van der Waals surface area contributed by atoms with Crippen molar-refractivity contribution in [2.75, 3.05) is 16.8 Å². The summed E-state index contributed by atoms with van der Waals surface area (Å²) in [6.07, 6.45) is -3.70. The fourth-order valence-electron chi connectivity index (χ4n) is 1.96. The molecular formula is C10H11ClF3N3O2S. The average Bonchev–Trinajstić information content (AvgIpc) is 2.25. The molecule has 1 aromatic rings. The van der Waals surface area contributed by atoms with Crippen molar-refractivity contribution >= 4 is 27.3 Å². The van der Waals surface area contributed by atoms with Gasteiger partial charge in [-0.05, 0) is 12.8 Å². The maximum atomic E-state index is 12.5. The van der Waals surface area contributed by atoms with Gasteiger partial charge in [-0.3, -0.25) is 0 Å². The second-order valence-corrected chi connectivity index (χ2v) is 7.11. The van der Waals surface area contributed by atoms with Crippen molar-refractivity contribution < 1.29 is 21.6 Å². The minimum absolute atomic E-state index is 0.101. The molecule has 0 bridgehead atoms. The topological polar surface area (TPSA) is 72.0 Å². The van der Waals surface area contributed by atoms with Gasteiger partial charge >= 0.3 is 6.18 Å². The molecule has 1 fully saturated rings. The van der Waals surface area contributed by atoms with Crippen molar-refractivity contribution in [2.24, 2.45) is 0 Å². The van der Waals surface area contributed by atoms with Crippen LogP contribution in [0.3, 0.4) is 0 Å². The first-order chi connectivity index (χ1) is 9.16. The number of hydrogen-bond acceptors (Lipinski definition) is 5. The molecule has 1 saturated heterocycles. The minimum Gasteiger partial charge on any atom is -0.366 e. The van der Waals surface area contributed by atoms with Gasteiger partial charge in [0.05, 0.1) is 11.5 Å². The van der Waals surface area contributed by atoms with Crippen LogP contribution in [0.4, 0.5) is 19.0 Å². The first-order valence-electron chi connectivity index (χ1n) is 5.74. The molecule has 0 aliphatic carbocycles. The lowest BCUT2D eigenvalue weighted by molar-refractivity contribution is -0.144. The summed E-state index contributed by atoms with van der Waals surface area (Å²) in [7, 11) is -3.16. The maximum absolute atomic E-state index is 12.5. The van der Waals surface area contributed by atoms with Crippen LogP contribution in [0.1, 0.15) is 18.7 Å². The number of nitrogens with one attached hydrogen (secondary N) is 1. The predicted octanol–water partition coefficient (Wildman–Crippen LogP) is 2.14. The van der Waals surface area contributed by atoms with Gasteiger partial charge in [0, 0.05) is 12.1 Å². The highest BCUT2D eigenvalue weighted by Crippen LogP contribution is 2.28. The van der Waals surface area contributed by atoms with Crippen LogP contribution >= 0.6 is 11.6 Å². The Morgan fingerprint density at radius 2 is 2.05 bits per heavy atom. The number of aromatic nitrogens is 2. The normalized spacial score (nSPS) is 22.5. The van der Waals surface area contributed by atoms with E-state index in [1.165, 1.54) is 0 Å². The Bertz CT molecular complexity index is 606. The van der Waals surface area contributed by atoms with Gasteiger partial charge in [0.25, 0.3) is 0 Å². The molecule has 10 heteroatoms. The number of sulfone groups is 1.